The molecule has 0 radical (unpaired) electrons. The Bertz CT molecular complexity index is 823. The van der Waals surface area contributed by atoms with Gasteiger partial charge in [0, 0.05) is 32.2 Å². The fourth-order valence-corrected chi connectivity index (χ4v) is 4.45. The molecule has 0 amide bonds. The molecular weight excluding hydrogens is 385 g/mol. The van der Waals surface area contributed by atoms with Crippen LogP contribution >= 0.6 is 0 Å². The molecule has 160 valence electrons. The van der Waals surface area contributed by atoms with E-state index in [9.17, 15) is 13.2 Å². The lowest BCUT2D eigenvalue weighted by molar-refractivity contribution is -0.141. The average molecular weight is 412 g/mol. The van der Waals surface area contributed by atoms with Crippen LogP contribution in [-0.4, -0.2) is 69.4 Å². The van der Waals surface area contributed by atoms with Crippen molar-refractivity contribution in [2.24, 2.45) is 5.92 Å². The Labute approximate surface area is 167 Å². The van der Waals surface area contributed by atoms with Gasteiger partial charge in [0.2, 0.25) is 0 Å². The van der Waals surface area contributed by atoms with Crippen LogP contribution in [0.2, 0.25) is 0 Å². The van der Waals surface area contributed by atoms with Crippen molar-refractivity contribution in [3.05, 3.63) is 18.1 Å². The first-order chi connectivity index (χ1) is 13.8. The zero-order chi connectivity index (χ0) is 20.6. The monoisotopic (exact) mass is 412 g/mol. The maximum atomic E-state index is 13.2. The van der Waals surface area contributed by atoms with E-state index >= 15 is 0 Å². The van der Waals surface area contributed by atoms with Crippen LogP contribution in [0.1, 0.15) is 38.8 Å². The molecule has 2 saturated heterocycles. The minimum absolute atomic E-state index is 0.0208. The normalized spacial score (nSPS) is 25.1. The van der Waals surface area contributed by atoms with Gasteiger partial charge >= 0.3 is 6.18 Å². The van der Waals surface area contributed by atoms with E-state index in [1.807, 2.05) is 4.90 Å². The Balaban J connectivity index is 1.38. The molecule has 2 aromatic rings. The van der Waals surface area contributed by atoms with Crippen LogP contribution in [0.25, 0.3) is 5.78 Å². The number of piperidine rings is 1. The highest BCUT2D eigenvalue weighted by atomic mass is 19.4. The first kappa shape index (κ1) is 20.3. The molecule has 7 nitrogen and oxygen atoms in total. The van der Waals surface area contributed by atoms with Crippen LogP contribution in [-0.2, 0) is 10.9 Å². The van der Waals surface area contributed by atoms with Crippen LogP contribution in [0.4, 0.5) is 19.0 Å². The van der Waals surface area contributed by atoms with Crippen molar-refractivity contribution in [2.45, 2.75) is 51.5 Å². The summed E-state index contributed by atoms with van der Waals surface area (Å²) < 4.78 is 46.8. The summed E-state index contributed by atoms with van der Waals surface area (Å²) in [4.78, 5) is 11.9. The smallest absolute Gasteiger partial charge is 0.373 e. The number of ether oxygens (including phenoxy) is 1. The van der Waals surface area contributed by atoms with Gasteiger partial charge in [-0.3, -0.25) is 4.90 Å². The maximum absolute atomic E-state index is 13.2. The minimum atomic E-state index is -4.51. The van der Waals surface area contributed by atoms with E-state index < -0.39 is 11.9 Å². The third kappa shape index (κ3) is 4.63. The molecule has 2 atom stereocenters. The van der Waals surface area contributed by atoms with Crippen LogP contribution in [0.5, 0.6) is 0 Å². The van der Waals surface area contributed by atoms with Gasteiger partial charge in [0.1, 0.15) is 12.1 Å². The summed E-state index contributed by atoms with van der Waals surface area (Å²) in [5.41, 5.74) is -0.925. The summed E-state index contributed by atoms with van der Waals surface area (Å²) in [6.07, 6.45) is 0.275. The topological polar surface area (TPSA) is 58.8 Å². The lowest BCUT2D eigenvalue weighted by atomic mass is 9.93. The molecule has 0 saturated carbocycles. The van der Waals surface area contributed by atoms with E-state index in [1.165, 1.54) is 10.8 Å². The number of alkyl halides is 3. The summed E-state index contributed by atoms with van der Waals surface area (Å²) >= 11 is 0. The fraction of sp³-hybridized carbons (Fsp3) is 0.737. The molecular formula is C19H27F3N6O. The van der Waals surface area contributed by atoms with Gasteiger partial charge in [0.25, 0.3) is 5.78 Å². The third-order valence-corrected chi connectivity index (χ3v) is 5.81. The molecule has 29 heavy (non-hydrogen) atoms. The van der Waals surface area contributed by atoms with E-state index in [2.05, 4.69) is 33.8 Å². The zero-order valence-electron chi connectivity index (χ0n) is 16.8. The van der Waals surface area contributed by atoms with Crippen molar-refractivity contribution in [1.29, 1.82) is 0 Å². The number of fused-ring (bicyclic) bond motifs is 1. The molecule has 0 spiro atoms. The van der Waals surface area contributed by atoms with E-state index in [4.69, 9.17) is 4.74 Å². The molecule has 10 heteroatoms. The van der Waals surface area contributed by atoms with Gasteiger partial charge in [-0.2, -0.15) is 27.8 Å². The molecule has 4 rings (SSSR count). The summed E-state index contributed by atoms with van der Waals surface area (Å²) in [5, 5.41) is 4.06. The highest BCUT2D eigenvalue weighted by Crippen LogP contribution is 2.32. The second-order valence-electron chi connectivity index (χ2n) is 8.21. The second kappa shape index (κ2) is 8.06. The van der Waals surface area contributed by atoms with E-state index in [0.29, 0.717) is 24.8 Å². The molecule has 2 aliphatic rings. The van der Waals surface area contributed by atoms with Crippen LogP contribution in [0, 0.1) is 5.92 Å². The maximum Gasteiger partial charge on any atom is 0.433 e. The molecule has 2 fully saturated rings. The fourth-order valence-electron chi connectivity index (χ4n) is 4.45. The number of hydrogen-bond donors (Lipinski definition) is 0. The van der Waals surface area contributed by atoms with Crippen LogP contribution in [0.15, 0.2) is 12.4 Å². The summed E-state index contributed by atoms with van der Waals surface area (Å²) in [5.74, 6) is 0.969. The molecule has 0 N–H and O–H groups in total. The van der Waals surface area contributed by atoms with Gasteiger partial charge in [-0.15, -0.1) is 0 Å². The molecule has 0 bridgehead atoms. The van der Waals surface area contributed by atoms with Crippen molar-refractivity contribution in [3.63, 3.8) is 0 Å². The Morgan fingerprint density at radius 1 is 1.14 bits per heavy atom. The molecule has 0 aromatic carbocycles. The van der Waals surface area contributed by atoms with Crippen molar-refractivity contribution in [2.75, 3.05) is 37.6 Å². The number of anilines is 1. The van der Waals surface area contributed by atoms with Gasteiger partial charge in [0.05, 0.1) is 12.2 Å². The van der Waals surface area contributed by atoms with Gasteiger partial charge in [-0.1, -0.05) is 0 Å². The van der Waals surface area contributed by atoms with Crippen molar-refractivity contribution in [3.8, 4) is 0 Å². The SMILES string of the molecule is CC1CN(CCC2CCN(c3cc(C(F)(F)F)nc4ncnn34)CC2)CC(C)O1. The molecule has 4 heterocycles. The first-order valence-corrected chi connectivity index (χ1v) is 10.2. The Morgan fingerprint density at radius 3 is 2.48 bits per heavy atom. The first-order valence-electron chi connectivity index (χ1n) is 10.2. The van der Waals surface area contributed by atoms with Gasteiger partial charge in [-0.25, -0.2) is 4.98 Å². The molecule has 2 aromatic heterocycles. The van der Waals surface area contributed by atoms with E-state index in [0.717, 1.165) is 45.0 Å². The van der Waals surface area contributed by atoms with Gasteiger partial charge in [0.15, 0.2) is 5.69 Å². The van der Waals surface area contributed by atoms with Crippen LogP contribution < -0.4 is 4.90 Å². The summed E-state index contributed by atoms with van der Waals surface area (Å²) in [6, 6.07) is 1.08. The summed E-state index contributed by atoms with van der Waals surface area (Å²) in [6.45, 7) is 8.60. The Hall–Kier alpha value is -1.94. The second-order valence-corrected chi connectivity index (χ2v) is 8.21. The van der Waals surface area contributed by atoms with Gasteiger partial charge < -0.3 is 9.64 Å². The number of halogens is 3. The number of aromatic nitrogens is 4. The predicted octanol–water partition coefficient (Wildman–Crippen LogP) is 2.86. The molecule has 2 aliphatic heterocycles. The predicted molar refractivity (Wildman–Crippen MR) is 102 cm³/mol. The molecule has 2 unspecified atom stereocenters. The number of nitrogens with zero attached hydrogens (tertiary/aromatic N) is 6. The lowest BCUT2D eigenvalue weighted by Gasteiger charge is -2.37. The Morgan fingerprint density at radius 2 is 1.83 bits per heavy atom. The third-order valence-electron chi connectivity index (χ3n) is 5.81. The van der Waals surface area contributed by atoms with Crippen molar-refractivity contribution < 1.29 is 17.9 Å². The standard InChI is InChI=1S/C19H27F3N6O/c1-13-10-26(11-14(2)29-13)6-3-15-4-7-27(8-5-15)17-9-16(19(20,21)22)25-18-23-12-24-28(17)18/h9,12-15H,3-8,10-11H2,1-2H3. The number of rotatable bonds is 4. The average Bonchev–Trinajstić information content (AvgIpc) is 3.13. The Kier molecular flexibility index (Phi) is 5.65. The lowest BCUT2D eigenvalue weighted by Crippen LogP contribution is -2.46. The van der Waals surface area contributed by atoms with Crippen molar-refractivity contribution in [1.82, 2.24) is 24.5 Å². The summed E-state index contributed by atoms with van der Waals surface area (Å²) in [7, 11) is 0. The van der Waals surface area contributed by atoms with E-state index in [-0.39, 0.29) is 18.0 Å². The minimum Gasteiger partial charge on any atom is -0.373 e. The number of morpholine rings is 1. The van der Waals surface area contributed by atoms with Gasteiger partial charge in [-0.05, 0) is 45.6 Å². The van der Waals surface area contributed by atoms with E-state index in [1.54, 1.807) is 0 Å². The largest absolute Gasteiger partial charge is 0.433 e. The number of hydrogen-bond acceptors (Lipinski definition) is 6. The van der Waals surface area contributed by atoms with Crippen molar-refractivity contribution >= 4 is 11.6 Å². The highest BCUT2D eigenvalue weighted by Gasteiger charge is 2.35. The zero-order valence-corrected chi connectivity index (χ0v) is 16.8. The van der Waals surface area contributed by atoms with Crippen LogP contribution in [0.3, 0.4) is 0 Å². The highest BCUT2D eigenvalue weighted by molar-refractivity contribution is 5.48. The quantitative estimate of drug-likeness (QED) is 0.770. The molecule has 0 aliphatic carbocycles.